The molecule has 0 aliphatic heterocycles. The van der Waals surface area contributed by atoms with E-state index in [1.807, 2.05) is 11.6 Å². The van der Waals surface area contributed by atoms with Gasteiger partial charge in [0.15, 0.2) is 0 Å². The minimum absolute atomic E-state index is 0.127. The van der Waals surface area contributed by atoms with Crippen molar-refractivity contribution in [3.8, 4) is 0 Å². The van der Waals surface area contributed by atoms with E-state index in [1.54, 1.807) is 0 Å². The Kier molecular flexibility index (Phi) is 4.14. The van der Waals surface area contributed by atoms with Crippen LogP contribution in [0.5, 0.6) is 0 Å². The molecule has 0 aromatic carbocycles. The van der Waals surface area contributed by atoms with Crippen LogP contribution in [0.25, 0.3) is 0 Å². The molecular formula is C13H22BrN3O. The molecule has 2 atom stereocenters. The van der Waals surface area contributed by atoms with Gasteiger partial charge in [0.05, 0.1) is 21.5 Å². The lowest BCUT2D eigenvalue weighted by atomic mass is 9.79. The maximum absolute atomic E-state index is 10.7. The number of aromatic nitrogens is 2. The maximum atomic E-state index is 10.7. The van der Waals surface area contributed by atoms with Crippen LogP contribution in [0.4, 0.5) is 0 Å². The Hall–Kier alpha value is -0.390. The van der Waals surface area contributed by atoms with Crippen LogP contribution in [-0.2, 0) is 13.0 Å². The van der Waals surface area contributed by atoms with Gasteiger partial charge in [-0.25, -0.2) is 0 Å². The summed E-state index contributed by atoms with van der Waals surface area (Å²) in [5.41, 5.74) is 7.39. The molecule has 2 rings (SSSR count). The van der Waals surface area contributed by atoms with E-state index in [9.17, 15) is 5.11 Å². The van der Waals surface area contributed by atoms with Crippen molar-refractivity contribution in [1.82, 2.24) is 9.78 Å². The molecule has 102 valence electrons. The molecule has 1 saturated carbocycles. The van der Waals surface area contributed by atoms with Crippen LogP contribution in [0.1, 0.15) is 44.0 Å². The van der Waals surface area contributed by atoms with Crippen molar-refractivity contribution in [2.24, 2.45) is 5.73 Å². The van der Waals surface area contributed by atoms with Crippen molar-refractivity contribution in [3.05, 3.63) is 15.9 Å². The lowest BCUT2D eigenvalue weighted by Gasteiger charge is -2.35. The average molecular weight is 316 g/mol. The number of aryl methyl sites for hydroxylation is 2. The van der Waals surface area contributed by atoms with E-state index in [0.717, 1.165) is 41.7 Å². The Morgan fingerprint density at radius 1 is 1.61 bits per heavy atom. The quantitative estimate of drug-likeness (QED) is 0.898. The Balaban J connectivity index is 2.22. The highest BCUT2D eigenvalue weighted by atomic mass is 79.9. The number of nitrogens with two attached hydrogens (primary N) is 1. The Bertz CT molecular complexity index is 432. The van der Waals surface area contributed by atoms with Gasteiger partial charge in [0.2, 0.25) is 0 Å². The Labute approximate surface area is 117 Å². The summed E-state index contributed by atoms with van der Waals surface area (Å²) in [7, 11) is 0. The summed E-state index contributed by atoms with van der Waals surface area (Å²) in [6.07, 6.45) is 4.19. The summed E-state index contributed by atoms with van der Waals surface area (Å²) in [4.78, 5) is 0. The molecule has 18 heavy (non-hydrogen) atoms. The van der Waals surface area contributed by atoms with Gasteiger partial charge in [-0.2, -0.15) is 5.10 Å². The molecule has 2 unspecified atom stereocenters. The van der Waals surface area contributed by atoms with Gasteiger partial charge in [0.25, 0.3) is 0 Å². The second-order valence-corrected chi connectivity index (χ2v) is 6.21. The van der Waals surface area contributed by atoms with Crippen molar-refractivity contribution in [1.29, 1.82) is 0 Å². The smallest absolute Gasteiger partial charge is 0.0738 e. The third kappa shape index (κ3) is 2.78. The molecule has 4 nitrogen and oxygen atoms in total. The Morgan fingerprint density at radius 3 is 2.94 bits per heavy atom. The Morgan fingerprint density at radius 2 is 2.33 bits per heavy atom. The zero-order chi connectivity index (χ0) is 13.3. The number of nitrogens with zero attached hydrogens (tertiary/aromatic N) is 2. The first-order chi connectivity index (χ1) is 8.45. The number of halogens is 1. The van der Waals surface area contributed by atoms with Crippen LogP contribution in [0, 0.1) is 6.92 Å². The largest absolute Gasteiger partial charge is 0.389 e. The van der Waals surface area contributed by atoms with Crippen molar-refractivity contribution in [2.75, 3.05) is 0 Å². The second-order valence-electron chi connectivity index (χ2n) is 5.42. The summed E-state index contributed by atoms with van der Waals surface area (Å²) >= 11 is 3.58. The predicted octanol–water partition coefficient (Wildman–Crippen LogP) is 2.15. The first-order valence-corrected chi connectivity index (χ1v) is 7.44. The molecule has 0 spiro atoms. The summed E-state index contributed by atoms with van der Waals surface area (Å²) in [6.45, 7) is 4.87. The predicted molar refractivity (Wildman–Crippen MR) is 75.4 cm³/mol. The van der Waals surface area contributed by atoms with E-state index in [-0.39, 0.29) is 6.04 Å². The summed E-state index contributed by atoms with van der Waals surface area (Å²) in [6, 6.07) is 0.127. The minimum atomic E-state index is -0.667. The fourth-order valence-corrected chi connectivity index (χ4v) is 3.32. The molecule has 0 saturated heterocycles. The first kappa shape index (κ1) is 14.0. The van der Waals surface area contributed by atoms with Gasteiger partial charge in [-0.3, -0.25) is 4.68 Å². The van der Waals surface area contributed by atoms with Crippen LogP contribution < -0.4 is 5.73 Å². The molecule has 0 radical (unpaired) electrons. The number of hydrogen-bond acceptors (Lipinski definition) is 3. The monoisotopic (exact) mass is 315 g/mol. The number of rotatable bonds is 3. The van der Waals surface area contributed by atoms with Gasteiger partial charge in [0, 0.05) is 19.0 Å². The van der Waals surface area contributed by atoms with E-state index in [1.165, 1.54) is 0 Å². The van der Waals surface area contributed by atoms with E-state index in [0.29, 0.717) is 12.8 Å². The van der Waals surface area contributed by atoms with Gasteiger partial charge >= 0.3 is 0 Å². The van der Waals surface area contributed by atoms with Crippen molar-refractivity contribution in [2.45, 2.75) is 64.1 Å². The third-order valence-corrected chi connectivity index (χ3v) is 4.84. The molecule has 1 aliphatic carbocycles. The van der Waals surface area contributed by atoms with Crippen molar-refractivity contribution < 1.29 is 5.11 Å². The van der Waals surface area contributed by atoms with Gasteiger partial charge in [-0.1, -0.05) is 0 Å². The van der Waals surface area contributed by atoms with Crippen LogP contribution in [-0.4, -0.2) is 26.5 Å². The van der Waals surface area contributed by atoms with Gasteiger partial charge < -0.3 is 10.8 Å². The average Bonchev–Trinajstić information content (AvgIpc) is 2.56. The highest BCUT2D eigenvalue weighted by Crippen LogP contribution is 2.33. The molecular weight excluding hydrogens is 294 g/mol. The van der Waals surface area contributed by atoms with Crippen LogP contribution in [0.15, 0.2) is 4.47 Å². The van der Waals surface area contributed by atoms with Crippen LogP contribution in [0.3, 0.4) is 0 Å². The van der Waals surface area contributed by atoms with E-state index >= 15 is 0 Å². The lowest BCUT2D eigenvalue weighted by molar-refractivity contribution is -0.00368. The van der Waals surface area contributed by atoms with Crippen LogP contribution >= 0.6 is 15.9 Å². The molecule has 5 heteroatoms. The zero-order valence-electron chi connectivity index (χ0n) is 11.1. The van der Waals surface area contributed by atoms with Gasteiger partial charge in [0.1, 0.15) is 0 Å². The first-order valence-electron chi connectivity index (χ1n) is 6.65. The molecule has 1 aromatic heterocycles. The van der Waals surface area contributed by atoms with Crippen molar-refractivity contribution in [3.63, 3.8) is 0 Å². The summed E-state index contributed by atoms with van der Waals surface area (Å²) in [5.74, 6) is 0. The molecule has 1 aliphatic rings. The van der Waals surface area contributed by atoms with E-state index in [2.05, 4.69) is 28.0 Å². The number of aliphatic hydroxyl groups is 1. The number of hydrogen-bond donors (Lipinski definition) is 2. The van der Waals surface area contributed by atoms with Gasteiger partial charge in [-0.15, -0.1) is 0 Å². The highest BCUT2D eigenvalue weighted by Gasteiger charge is 2.35. The lowest BCUT2D eigenvalue weighted by Crippen LogP contribution is -2.43. The molecule has 0 amide bonds. The van der Waals surface area contributed by atoms with Crippen molar-refractivity contribution >= 4 is 15.9 Å². The third-order valence-electron chi connectivity index (χ3n) is 3.81. The molecule has 1 fully saturated rings. The van der Waals surface area contributed by atoms with Gasteiger partial charge in [-0.05, 0) is 55.5 Å². The molecule has 0 bridgehead atoms. The summed E-state index contributed by atoms with van der Waals surface area (Å²) < 4.78 is 2.99. The zero-order valence-corrected chi connectivity index (χ0v) is 12.7. The summed E-state index contributed by atoms with van der Waals surface area (Å²) in [5, 5.41) is 15.2. The topological polar surface area (TPSA) is 64.1 Å². The highest BCUT2D eigenvalue weighted by molar-refractivity contribution is 9.10. The maximum Gasteiger partial charge on any atom is 0.0738 e. The van der Waals surface area contributed by atoms with E-state index < -0.39 is 5.60 Å². The fraction of sp³-hybridized carbons (Fsp3) is 0.769. The standard InChI is InChI=1S/C13H22BrN3O/c1-3-17-11(12(14)9(2)16-17)8-13(18)6-4-5-10(15)7-13/h10,18H,3-8,15H2,1-2H3. The second kappa shape index (κ2) is 5.31. The minimum Gasteiger partial charge on any atom is -0.389 e. The SMILES string of the molecule is CCn1nc(C)c(Br)c1CC1(O)CCCC(N)C1. The molecule has 3 N–H and O–H groups in total. The molecule has 1 aromatic rings. The molecule has 1 heterocycles. The van der Waals surface area contributed by atoms with E-state index in [4.69, 9.17) is 5.73 Å². The fourth-order valence-electron chi connectivity index (χ4n) is 2.90. The normalized spacial score (nSPS) is 28.6. The van der Waals surface area contributed by atoms with Crippen LogP contribution in [0.2, 0.25) is 0 Å².